The number of fused-ring (bicyclic) bond motifs is 1. The molecule has 166 valence electrons. The molecule has 32 heavy (non-hydrogen) atoms. The van der Waals surface area contributed by atoms with E-state index in [0.717, 1.165) is 21.9 Å². The first-order valence-corrected chi connectivity index (χ1v) is 12.5. The molecule has 1 N–H and O–H groups in total. The van der Waals surface area contributed by atoms with Gasteiger partial charge < -0.3 is 5.32 Å². The standard InChI is InChI=1S/C26H28N2O3S/c1-20(24-13-7-11-22-10-5-6-12-25(22)24)27-26(29)23-14-17-28(18-15-23)32(30,31)19-16-21-8-3-2-4-9-21/h2-13,16,19-20,23H,14-15,17-18H2,1H3,(H,27,29). The van der Waals surface area contributed by atoms with Crippen LogP contribution in [0.25, 0.3) is 16.8 Å². The Hall–Kier alpha value is -2.96. The molecule has 1 aliphatic rings. The molecule has 3 aromatic rings. The number of hydrogen-bond donors (Lipinski definition) is 1. The zero-order valence-corrected chi connectivity index (χ0v) is 19.0. The van der Waals surface area contributed by atoms with Gasteiger partial charge in [-0.05, 0) is 47.7 Å². The van der Waals surface area contributed by atoms with Gasteiger partial charge in [0.05, 0.1) is 6.04 Å². The largest absolute Gasteiger partial charge is 0.349 e. The fraction of sp³-hybridized carbons (Fsp3) is 0.269. The molecule has 1 heterocycles. The lowest BCUT2D eigenvalue weighted by Gasteiger charge is -2.30. The summed E-state index contributed by atoms with van der Waals surface area (Å²) in [5.41, 5.74) is 1.93. The van der Waals surface area contributed by atoms with Gasteiger partial charge in [0.25, 0.3) is 0 Å². The molecule has 6 heteroatoms. The number of piperidine rings is 1. The van der Waals surface area contributed by atoms with E-state index >= 15 is 0 Å². The lowest BCUT2D eigenvalue weighted by Crippen LogP contribution is -2.42. The molecule has 1 unspecified atom stereocenters. The van der Waals surface area contributed by atoms with Crippen LogP contribution in [-0.4, -0.2) is 31.7 Å². The van der Waals surface area contributed by atoms with E-state index in [2.05, 4.69) is 23.5 Å². The van der Waals surface area contributed by atoms with Crippen LogP contribution >= 0.6 is 0 Å². The Bertz CT molecular complexity index is 1210. The van der Waals surface area contributed by atoms with E-state index in [1.54, 1.807) is 6.08 Å². The number of carbonyl (C=O) groups excluding carboxylic acids is 1. The second kappa shape index (κ2) is 9.67. The molecule has 0 aliphatic carbocycles. The van der Waals surface area contributed by atoms with Crippen LogP contribution in [0.3, 0.4) is 0 Å². The van der Waals surface area contributed by atoms with Gasteiger partial charge in [0.2, 0.25) is 15.9 Å². The maximum atomic E-state index is 12.9. The molecule has 3 aromatic carbocycles. The molecule has 1 saturated heterocycles. The quantitative estimate of drug-likeness (QED) is 0.593. The predicted molar refractivity (Wildman–Crippen MR) is 129 cm³/mol. The van der Waals surface area contributed by atoms with Gasteiger partial charge in [0.1, 0.15) is 0 Å². The molecule has 0 saturated carbocycles. The molecule has 0 bridgehead atoms. The Kier molecular flexibility index (Phi) is 6.72. The van der Waals surface area contributed by atoms with E-state index in [4.69, 9.17) is 0 Å². The Balaban J connectivity index is 1.35. The molecule has 0 spiro atoms. The van der Waals surface area contributed by atoms with Crippen molar-refractivity contribution in [1.82, 2.24) is 9.62 Å². The topological polar surface area (TPSA) is 66.5 Å². The molecular weight excluding hydrogens is 420 g/mol. The smallest absolute Gasteiger partial charge is 0.236 e. The van der Waals surface area contributed by atoms with Crippen molar-refractivity contribution in [3.63, 3.8) is 0 Å². The van der Waals surface area contributed by atoms with Crippen molar-refractivity contribution in [3.05, 3.63) is 89.3 Å². The fourth-order valence-electron chi connectivity index (χ4n) is 4.22. The van der Waals surface area contributed by atoms with Crippen molar-refractivity contribution in [2.45, 2.75) is 25.8 Å². The zero-order valence-electron chi connectivity index (χ0n) is 18.1. The third-order valence-corrected chi connectivity index (χ3v) is 7.63. The van der Waals surface area contributed by atoms with Crippen LogP contribution in [0.4, 0.5) is 0 Å². The number of sulfonamides is 1. The number of hydrogen-bond acceptors (Lipinski definition) is 3. The second-order valence-electron chi connectivity index (χ2n) is 8.23. The van der Waals surface area contributed by atoms with E-state index in [9.17, 15) is 13.2 Å². The van der Waals surface area contributed by atoms with Crippen molar-refractivity contribution in [2.24, 2.45) is 5.92 Å². The highest BCUT2D eigenvalue weighted by molar-refractivity contribution is 7.92. The molecular formula is C26H28N2O3S. The molecule has 1 amide bonds. The monoisotopic (exact) mass is 448 g/mol. The minimum Gasteiger partial charge on any atom is -0.349 e. The highest BCUT2D eigenvalue weighted by atomic mass is 32.2. The molecule has 1 fully saturated rings. The summed E-state index contributed by atoms with van der Waals surface area (Å²) < 4.78 is 26.8. The fourth-order valence-corrected chi connectivity index (χ4v) is 5.45. The van der Waals surface area contributed by atoms with E-state index in [1.165, 1.54) is 9.71 Å². The maximum Gasteiger partial charge on any atom is 0.236 e. The lowest BCUT2D eigenvalue weighted by atomic mass is 9.95. The van der Waals surface area contributed by atoms with Crippen molar-refractivity contribution in [2.75, 3.05) is 13.1 Å². The maximum absolute atomic E-state index is 12.9. The number of rotatable bonds is 6. The Labute approximate surface area is 189 Å². The van der Waals surface area contributed by atoms with Crippen molar-refractivity contribution in [3.8, 4) is 0 Å². The van der Waals surface area contributed by atoms with Gasteiger partial charge >= 0.3 is 0 Å². The first-order valence-electron chi connectivity index (χ1n) is 11.0. The summed E-state index contributed by atoms with van der Waals surface area (Å²) in [6, 6.07) is 23.5. The summed E-state index contributed by atoms with van der Waals surface area (Å²) in [6.07, 6.45) is 2.65. The van der Waals surface area contributed by atoms with Crippen LogP contribution in [0.2, 0.25) is 0 Å². The van der Waals surface area contributed by atoms with Crippen molar-refractivity contribution >= 4 is 32.8 Å². The average molecular weight is 449 g/mol. The summed E-state index contributed by atoms with van der Waals surface area (Å²) in [5, 5.41) is 6.67. The van der Waals surface area contributed by atoms with Gasteiger partial charge in [-0.2, -0.15) is 4.31 Å². The predicted octanol–water partition coefficient (Wildman–Crippen LogP) is 4.73. The number of carbonyl (C=O) groups is 1. The average Bonchev–Trinajstić information content (AvgIpc) is 2.83. The van der Waals surface area contributed by atoms with Crippen LogP contribution in [-0.2, 0) is 14.8 Å². The SMILES string of the molecule is CC(NC(=O)C1CCN(S(=O)(=O)C=Cc2ccccc2)CC1)c1cccc2ccccc12. The van der Waals surface area contributed by atoms with E-state index < -0.39 is 10.0 Å². The molecule has 0 aromatic heterocycles. The first kappa shape index (κ1) is 22.2. The number of amides is 1. The van der Waals surface area contributed by atoms with Crippen LogP contribution in [0, 0.1) is 5.92 Å². The highest BCUT2D eigenvalue weighted by Gasteiger charge is 2.30. The molecule has 4 rings (SSSR count). The van der Waals surface area contributed by atoms with Gasteiger partial charge in [0, 0.05) is 24.4 Å². The Morgan fingerprint density at radius 1 is 0.969 bits per heavy atom. The Morgan fingerprint density at radius 3 is 2.38 bits per heavy atom. The summed E-state index contributed by atoms with van der Waals surface area (Å²) in [6.45, 7) is 2.69. The minimum atomic E-state index is -3.50. The van der Waals surface area contributed by atoms with Crippen LogP contribution < -0.4 is 5.32 Å². The number of nitrogens with one attached hydrogen (secondary N) is 1. The lowest BCUT2D eigenvalue weighted by molar-refractivity contribution is -0.126. The van der Waals surface area contributed by atoms with Gasteiger partial charge in [-0.25, -0.2) is 8.42 Å². The van der Waals surface area contributed by atoms with E-state index in [0.29, 0.717) is 25.9 Å². The number of benzene rings is 3. The normalized spacial score (nSPS) is 16.9. The van der Waals surface area contributed by atoms with E-state index in [-0.39, 0.29) is 17.9 Å². The molecule has 1 atom stereocenters. The molecule has 0 radical (unpaired) electrons. The minimum absolute atomic E-state index is 0.0118. The molecule has 1 aliphatic heterocycles. The van der Waals surface area contributed by atoms with Crippen LogP contribution in [0.5, 0.6) is 0 Å². The third-order valence-electron chi connectivity index (χ3n) is 6.07. The summed E-state index contributed by atoms with van der Waals surface area (Å²) in [7, 11) is -3.50. The van der Waals surface area contributed by atoms with Gasteiger partial charge in [-0.3, -0.25) is 4.79 Å². The van der Waals surface area contributed by atoms with E-state index in [1.807, 2.05) is 61.5 Å². The Morgan fingerprint density at radius 2 is 1.62 bits per heavy atom. The molecule has 5 nitrogen and oxygen atoms in total. The van der Waals surface area contributed by atoms with Crippen molar-refractivity contribution < 1.29 is 13.2 Å². The summed E-state index contributed by atoms with van der Waals surface area (Å²) in [4.78, 5) is 12.9. The highest BCUT2D eigenvalue weighted by Crippen LogP contribution is 2.26. The van der Waals surface area contributed by atoms with Crippen molar-refractivity contribution in [1.29, 1.82) is 0 Å². The zero-order chi connectivity index (χ0) is 22.6. The van der Waals surface area contributed by atoms with Crippen LogP contribution in [0.1, 0.15) is 36.9 Å². The number of nitrogens with zero attached hydrogens (tertiary/aromatic N) is 1. The summed E-state index contributed by atoms with van der Waals surface area (Å²) in [5.74, 6) is -0.195. The third kappa shape index (κ3) is 5.09. The second-order valence-corrected chi connectivity index (χ2v) is 10.0. The van der Waals surface area contributed by atoms with Gasteiger partial charge in [0.15, 0.2) is 0 Å². The van der Waals surface area contributed by atoms with Gasteiger partial charge in [-0.15, -0.1) is 0 Å². The van der Waals surface area contributed by atoms with Crippen LogP contribution in [0.15, 0.2) is 78.2 Å². The first-order chi connectivity index (χ1) is 15.4. The van der Waals surface area contributed by atoms with Gasteiger partial charge in [-0.1, -0.05) is 72.8 Å². The summed E-state index contributed by atoms with van der Waals surface area (Å²) >= 11 is 0.